The number of fused-ring (bicyclic) bond motifs is 3. The number of guanidine groups is 1. The summed E-state index contributed by atoms with van der Waals surface area (Å²) >= 11 is 0. The topological polar surface area (TPSA) is 82.4 Å². The van der Waals surface area contributed by atoms with Crippen molar-refractivity contribution < 1.29 is 9.53 Å². The number of amidine groups is 1. The van der Waals surface area contributed by atoms with Crippen LogP contribution in [0.2, 0.25) is 0 Å². The number of anilines is 1. The summed E-state index contributed by atoms with van der Waals surface area (Å²) in [5.74, 6) is 1.15. The van der Waals surface area contributed by atoms with Gasteiger partial charge in [-0.25, -0.2) is 4.99 Å². The summed E-state index contributed by atoms with van der Waals surface area (Å²) in [7, 11) is 0. The molecule has 0 saturated carbocycles. The van der Waals surface area contributed by atoms with Gasteiger partial charge in [0.2, 0.25) is 5.96 Å². The third-order valence-corrected chi connectivity index (χ3v) is 5.32. The number of aryl methyl sites for hydroxylation is 1. The van der Waals surface area contributed by atoms with Crippen LogP contribution in [0.5, 0.6) is 0 Å². The number of nitrogens with zero attached hydrogens (tertiary/aromatic N) is 5. The van der Waals surface area contributed by atoms with E-state index in [1.165, 1.54) is 0 Å². The predicted octanol–water partition coefficient (Wildman–Crippen LogP) is 1.72. The summed E-state index contributed by atoms with van der Waals surface area (Å²) in [5, 5.41) is 2.95. The molecule has 1 N–H and O–H groups in total. The molecule has 8 nitrogen and oxygen atoms in total. The zero-order chi connectivity index (χ0) is 19.8. The minimum Gasteiger partial charge on any atom is -0.378 e. The standard InChI is InChI=1S/C21H22N6O2/c1-14-2-3-15(13-23-14)20(28)25-21-24-18-12-16(26-8-10-29-11-9-26)4-5-17(18)19-22-6-7-27(19)21/h2-5,12-13H,6-11H2,1H3,(H,24,25,28). The summed E-state index contributed by atoms with van der Waals surface area (Å²) < 4.78 is 5.45. The van der Waals surface area contributed by atoms with Crippen LogP contribution in [-0.2, 0) is 4.74 Å². The Bertz CT molecular complexity index is 1010. The predicted molar refractivity (Wildman–Crippen MR) is 111 cm³/mol. The summed E-state index contributed by atoms with van der Waals surface area (Å²) in [6.45, 7) is 6.45. The van der Waals surface area contributed by atoms with Crippen LogP contribution in [-0.4, -0.2) is 67.0 Å². The molecule has 1 saturated heterocycles. The first-order valence-electron chi connectivity index (χ1n) is 9.81. The molecule has 29 heavy (non-hydrogen) atoms. The van der Waals surface area contributed by atoms with Gasteiger partial charge in [0.1, 0.15) is 5.84 Å². The molecule has 1 fully saturated rings. The fraction of sp³-hybridized carbons (Fsp3) is 0.333. The first-order valence-corrected chi connectivity index (χ1v) is 9.81. The Morgan fingerprint density at radius 1 is 1.14 bits per heavy atom. The van der Waals surface area contributed by atoms with E-state index in [1.54, 1.807) is 12.3 Å². The van der Waals surface area contributed by atoms with Crippen LogP contribution in [0.25, 0.3) is 0 Å². The molecule has 1 aromatic heterocycles. The average molecular weight is 390 g/mol. The molecular weight excluding hydrogens is 368 g/mol. The van der Waals surface area contributed by atoms with Crippen molar-refractivity contribution in [1.82, 2.24) is 15.2 Å². The van der Waals surface area contributed by atoms with Crippen LogP contribution in [0.1, 0.15) is 21.6 Å². The van der Waals surface area contributed by atoms with Gasteiger partial charge in [-0.2, -0.15) is 0 Å². The second-order valence-electron chi connectivity index (χ2n) is 7.24. The van der Waals surface area contributed by atoms with Crippen molar-refractivity contribution in [2.45, 2.75) is 6.92 Å². The molecule has 0 radical (unpaired) electrons. The summed E-state index contributed by atoms with van der Waals surface area (Å²) in [6, 6.07) is 9.84. The quantitative estimate of drug-likeness (QED) is 0.844. The lowest BCUT2D eigenvalue weighted by molar-refractivity contribution is 0.0973. The van der Waals surface area contributed by atoms with Crippen molar-refractivity contribution in [3.8, 4) is 0 Å². The number of aliphatic imine (C=N–C) groups is 2. The van der Waals surface area contributed by atoms with Gasteiger partial charge >= 0.3 is 0 Å². The Morgan fingerprint density at radius 2 is 2.00 bits per heavy atom. The molecule has 4 heterocycles. The molecule has 0 unspecified atom stereocenters. The highest BCUT2D eigenvalue weighted by Gasteiger charge is 2.31. The van der Waals surface area contributed by atoms with Crippen LogP contribution in [0, 0.1) is 6.92 Å². The fourth-order valence-corrected chi connectivity index (χ4v) is 3.75. The number of carbonyl (C=O) groups is 1. The lowest BCUT2D eigenvalue weighted by atomic mass is 10.1. The number of carbonyl (C=O) groups excluding carboxylic acids is 1. The molecule has 8 heteroatoms. The third-order valence-electron chi connectivity index (χ3n) is 5.32. The minimum absolute atomic E-state index is 0.227. The molecule has 0 aliphatic carbocycles. The normalized spacial score (nSPS) is 18.0. The smallest absolute Gasteiger partial charge is 0.259 e. The Labute approximate surface area is 168 Å². The lowest BCUT2D eigenvalue weighted by Crippen LogP contribution is -2.47. The number of hydrogen-bond acceptors (Lipinski definition) is 7. The highest BCUT2D eigenvalue weighted by atomic mass is 16.5. The van der Waals surface area contributed by atoms with E-state index >= 15 is 0 Å². The van der Waals surface area contributed by atoms with E-state index < -0.39 is 0 Å². The van der Waals surface area contributed by atoms with Gasteiger partial charge in [0.05, 0.1) is 31.0 Å². The molecule has 0 atom stereocenters. The highest BCUT2D eigenvalue weighted by Crippen LogP contribution is 2.32. The number of aromatic nitrogens is 1. The Hall–Kier alpha value is -3.26. The van der Waals surface area contributed by atoms with E-state index in [2.05, 4.69) is 38.4 Å². The number of hydrogen-bond donors (Lipinski definition) is 1. The number of nitrogens with one attached hydrogen (secondary N) is 1. The molecule has 3 aliphatic rings. The van der Waals surface area contributed by atoms with E-state index in [0.717, 1.165) is 54.8 Å². The van der Waals surface area contributed by atoms with Crippen molar-refractivity contribution in [2.24, 2.45) is 9.98 Å². The Kier molecular flexibility index (Phi) is 4.48. The van der Waals surface area contributed by atoms with E-state index in [0.29, 0.717) is 24.6 Å². The molecule has 1 amide bonds. The maximum absolute atomic E-state index is 12.7. The van der Waals surface area contributed by atoms with Gasteiger partial charge in [-0.1, -0.05) is 0 Å². The van der Waals surface area contributed by atoms with Crippen molar-refractivity contribution in [2.75, 3.05) is 44.3 Å². The Balaban J connectivity index is 1.46. The molecule has 0 bridgehead atoms. The number of amides is 1. The molecular formula is C21H22N6O2. The van der Waals surface area contributed by atoms with Gasteiger partial charge in [0.15, 0.2) is 0 Å². The summed E-state index contributed by atoms with van der Waals surface area (Å²) in [4.78, 5) is 30.6. The zero-order valence-corrected chi connectivity index (χ0v) is 16.3. The SMILES string of the molecule is Cc1ccc(C(=O)NC2=Nc3cc(N4CCOCC4)ccc3C3=NCCN23)cn1. The van der Waals surface area contributed by atoms with Crippen LogP contribution in [0.3, 0.4) is 0 Å². The monoisotopic (exact) mass is 390 g/mol. The first kappa shape index (κ1) is 17.8. The molecule has 2 aromatic rings. The van der Waals surface area contributed by atoms with Gasteiger partial charge in [0.25, 0.3) is 5.91 Å². The number of ether oxygens (including phenoxy) is 1. The minimum atomic E-state index is -0.227. The number of morpholine rings is 1. The molecule has 0 spiro atoms. The summed E-state index contributed by atoms with van der Waals surface area (Å²) in [5.41, 5.74) is 4.30. The largest absolute Gasteiger partial charge is 0.378 e. The Morgan fingerprint density at radius 3 is 2.79 bits per heavy atom. The summed E-state index contributed by atoms with van der Waals surface area (Å²) in [6.07, 6.45) is 1.58. The molecule has 5 rings (SSSR count). The molecule has 148 valence electrons. The van der Waals surface area contributed by atoms with Gasteiger partial charge in [0, 0.05) is 42.8 Å². The van der Waals surface area contributed by atoms with E-state index in [1.807, 2.05) is 17.9 Å². The van der Waals surface area contributed by atoms with E-state index in [9.17, 15) is 4.79 Å². The van der Waals surface area contributed by atoms with Crippen molar-refractivity contribution >= 4 is 29.1 Å². The van der Waals surface area contributed by atoms with Crippen LogP contribution in [0.15, 0.2) is 46.5 Å². The third kappa shape index (κ3) is 3.36. The highest BCUT2D eigenvalue weighted by molar-refractivity contribution is 6.19. The van der Waals surface area contributed by atoms with Crippen LogP contribution >= 0.6 is 0 Å². The maximum atomic E-state index is 12.7. The first-order chi connectivity index (χ1) is 14.2. The average Bonchev–Trinajstić information content (AvgIpc) is 3.25. The maximum Gasteiger partial charge on any atom is 0.259 e. The second kappa shape index (κ2) is 7.29. The van der Waals surface area contributed by atoms with Crippen molar-refractivity contribution in [1.29, 1.82) is 0 Å². The van der Waals surface area contributed by atoms with Crippen LogP contribution in [0.4, 0.5) is 11.4 Å². The van der Waals surface area contributed by atoms with Gasteiger partial charge in [-0.05, 0) is 37.3 Å². The van der Waals surface area contributed by atoms with E-state index in [4.69, 9.17) is 9.73 Å². The lowest BCUT2D eigenvalue weighted by Gasteiger charge is -2.31. The molecule has 1 aromatic carbocycles. The second-order valence-corrected chi connectivity index (χ2v) is 7.24. The van der Waals surface area contributed by atoms with Crippen molar-refractivity contribution in [3.05, 3.63) is 53.3 Å². The van der Waals surface area contributed by atoms with Gasteiger partial charge in [-0.15, -0.1) is 0 Å². The van der Waals surface area contributed by atoms with E-state index in [-0.39, 0.29) is 5.91 Å². The zero-order valence-electron chi connectivity index (χ0n) is 16.3. The van der Waals surface area contributed by atoms with Gasteiger partial charge in [-0.3, -0.25) is 25.0 Å². The number of benzene rings is 1. The number of pyridine rings is 1. The van der Waals surface area contributed by atoms with Crippen LogP contribution < -0.4 is 10.2 Å². The molecule has 3 aliphatic heterocycles. The number of rotatable bonds is 2. The van der Waals surface area contributed by atoms with Crippen molar-refractivity contribution in [3.63, 3.8) is 0 Å². The van der Waals surface area contributed by atoms with Gasteiger partial charge < -0.3 is 9.64 Å². The fourth-order valence-electron chi connectivity index (χ4n) is 3.75.